The van der Waals surface area contributed by atoms with Gasteiger partial charge in [-0.3, -0.25) is 0 Å². The van der Waals surface area contributed by atoms with Crippen molar-refractivity contribution in [2.45, 2.75) is 59.3 Å². The highest BCUT2D eigenvalue weighted by Crippen LogP contribution is 2.45. The Bertz CT molecular complexity index is 1230. The van der Waals surface area contributed by atoms with Crippen LogP contribution in [0.3, 0.4) is 0 Å². The molecule has 0 aliphatic heterocycles. The first kappa shape index (κ1) is 28.6. The van der Waals surface area contributed by atoms with Gasteiger partial charge >= 0.3 is 0 Å². The molecule has 0 fully saturated rings. The Morgan fingerprint density at radius 3 is 1.53 bits per heavy atom. The van der Waals surface area contributed by atoms with Crippen molar-refractivity contribution in [1.29, 1.82) is 10.5 Å². The number of rotatable bonds is 12. The van der Waals surface area contributed by atoms with Gasteiger partial charge in [0.1, 0.15) is 0 Å². The molecule has 0 radical (unpaired) electrons. The zero-order chi connectivity index (χ0) is 27.7. The Labute approximate surface area is 229 Å². The van der Waals surface area contributed by atoms with E-state index in [0.29, 0.717) is 25.7 Å². The topological polar surface area (TPSA) is 74.9 Å². The molecule has 0 atom stereocenters. The minimum absolute atomic E-state index is 0.0293. The number of aryl methyl sites for hydroxylation is 4. The molecule has 3 aromatic carbocycles. The number of hydrogen-bond acceptors (Lipinski definition) is 5. The first-order valence-corrected chi connectivity index (χ1v) is 13.6. The first-order chi connectivity index (χ1) is 18.4. The largest absolute Gasteiger partial charge is 0.385 e. The fourth-order valence-electron chi connectivity index (χ4n) is 5.29. The van der Waals surface area contributed by atoms with Gasteiger partial charge in [-0.25, -0.2) is 0 Å². The van der Waals surface area contributed by atoms with Gasteiger partial charge in [-0.15, -0.1) is 0 Å². The van der Waals surface area contributed by atoms with Crippen LogP contribution in [0.4, 0.5) is 17.1 Å². The fraction of sp³-hybridized carbons (Fsp3) is 0.394. The monoisotopic (exact) mass is 507 g/mol. The van der Waals surface area contributed by atoms with Crippen LogP contribution in [0, 0.1) is 36.5 Å². The van der Waals surface area contributed by atoms with Gasteiger partial charge in [0.25, 0.3) is 0 Å². The third kappa shape index (κ3) is 6.29. The lowest BCUT2D eigenvalue weighted by Crippen LogP contribution is -2.17. The molecule has 0 aliphatic rings. The number of nitrogens with zero attached hydrogens (tertiary/aromatic N) is 3. The molecule has 0 saturated heterocycles. The van der Waals surface area contributed by atoms with E-state index in [4.69, 9.17) is 0 Å². The highest BCUT2D eigenvalue weighted by molar-refractivity contribution is 5.72. The van der Waals surface area contributed by atoms with E-state index in [0.717, 1.165) is 30.2 Å². The lowest BCUT2D eigenvalue weighted by Gasteiger charge is -2.30. The lowest BCUT2D eigenvalue weighted by atomic mass is 9.77. The summed E-state index contributed by atoms with van der Waals surface area (Å²) in [7, 11) is 4.12. The maximum atomic E-state index is 9.34. The number of anilines is 3. The molecule has 0 bridgehead atoms. The zero-order valence-corrected chi connectivity index (χ0v) is 23.8. The normalized spacial score (nSPS) is 10.7. The van der Waals surface area contributed by atoms with Crippen molar-refractivity contribution in [2.75, 3.05) is 42.7 Å². The van der Waals surface area contributed by atoms with Crippen LogP contribution >= 0.6 is 0 Å². The van der Waals surface area contributed by atoms with Crippen molar-refractivity contribution >= 4 is 17.1 Å². The summed E-state index contributed by atoms with van der Waals surface area (Å²) >= 11 is 0. The Hall–Kier alpha value is -3.96. The Morgan fingerprint density at radius 2 is 1.16 bits per heavy atom. The maximum Gasteiger partial charge on any atom is 0.0625 e. The third-order valence-corrected chi connectivity index (χ3v) is 7.14. The highest BCUT2D eigenvalue weighted by Gasteiger charge is 2.28. The maximum absolute atomic E-state index is 9.34. The van der Waals surface area contributed by atoms with Crippen LogP contribution in [0.5, 0.6) is 0 Å². The summed E-state index contributed by atoms with van der Waals surface area (Å²) in [5.74, 6) is -0.0293. The standard InChI is InChI=1S/C33H41N5/c1-7-36-32-26(11-9-21-34)15-13-23(3)29(32)31(25-17-19-28(20-18-25)38(5)6)30-24(4)14-16-27(12-10-22-35)33(30)37-8-2/h13-20,31,36-37H,7-12H2,1-6H3. The average Bonchev–Trinajstić information content (AvgIpc) is 2.91. The molecule has 38 heavy (non-hydrogen) atoms. The Balaban J connectivity index is 2.41. The van der Waals surface area contributed by atoms with Crippen LogP contribution in [-0.4, -0.2) is 27.2 Å². The van der Waals surface area contributed by atoms with E-state index in [1.807, 2.05) is 0 Å². The second-order valence-electron chi connectivity index (χ2n) is 9.96. The smallest absolute Gasteiger partial charge is 0.0625 e. The molecule has 2 N–H and O–H groups in total. The molecule has 3 aromatic rings. The molecule has 0 saturated carbocycles. The van der Waals surface area contributed by atoms with Crippen LogP contribution in [-0.2, 0) is 12.8 Å². The quantitative estimate of drug-likeness (QED) is 0.251. The number of hydrogen-bond donors (Lipinski definition) is 2. The van der Waals surface area contributed by atoms with E-state index in [-0.39, 0.29) is 5.92 Å². The molecule has 0 aliphatic carbocycles. The van der Waals surface area contributed by atoms with E-state index in [9.17, 15) is 10.5 Å². The van der Waals surface area contributed by atoms with Crippen molar-refractivity contribution in [3.63, 3.8) is 0 Å². The van der Waals surface area contributed by atoms with Gasteiger partial charge < -0.3 is 15.5 Å². The predicted octanol–water partition coefficient (Wildman–Crippen LogP) is 7.33. The summed E-state index contributed by atoms with van der Waals surface area (Å²) in [5.41, 5.74) is 11.9. The van der Waals surface area contributed by atoms with E-state index < -0.39 is 0 Å². The number of nitrogens with one attached hydrogen (secondary N) is 2. The fourth-order valence-corrected chi connectivity index (χ4v) is 5.29. The molecule has 5 nitrogen and oxygen atoms in total. The second-order valence-corrected chi connectivity index (χ2v) is 9.96. The van der Waals surface area contributed by atoms with Gasteiger partial charge in [0.2, 0.25) is 0 Å². The third-order valence-electron chi connectivity index (χ3n) is 7.14. The van der Waals surface area contributed by atoms with Crippen molar-refractivity contribution in [2.24, 2.45) is 0 Å². The van der Waals surface area contributed by atoms with Gasteiger partial charge in [0, 0.05) is 63.0 Å². The van der Waals surface area contributed by atoms with E-state index >= 15 is 0 Å². The molecule has 0 unspecified atom stereocenters. The zero-order valence-electron chi connectivity index (χ0n) is 23.8. The van der Waals surface area contributed by atoms with Crippen LogP contribution in [0.25, 0.3) is 0 Å². The van der Waals surface area contributed by atoms with Crippen LogP contribution < -0.4 is 15.5 Å². The molecule has 0 spiro atoms. The number of nitriles is 2. The van der Waals surface area contributed by atoms with Gasteiger partial charge in [0.15, 0.2) is 0 Å². The summed E-state index contributed by atoms with van der Waals surface area (Å²) in [6.07, 6.45) is 2.38. The summed E-state index contributed by atoms with van der Waals surface area (Å²) in [4.78, 5) is 2.12. The molecule has 0 amide bonds. The van der Waals surface area contributed by atoms with Crippen molar-refractivity contribution in [1.82, 2.24) is 0 Å². The molecular weight excluding hydrogens is 466 g/mol. The van der Waals surface area contributed by atoms with Crippen LogP contribution in [0.15, 0.2) is 48.5 Å². The minimum Gasteiger partial charge on any atom is -0.385 e. The second kappa shape index (κ2) is 13.5. The summed E-state index contributed by atoms with van der Waals surface area (Å²) in [5, 5.41) is 26.0. The summed E-state index contributed by atoms with van der Waals surface area (Å²) < 4.78 is 0. The summed E-state index contributed by atoms with van der Waals surface area (Å²) in [6, 6.07) is 22.2. The molecule has 3 rings (SSSR count). The molecular formula is C33H41N5. The SMILES string of the molecule is CCNc1c(CCC#N)ccc(C)c1C(c1ccc(N(C)C)cc1)c1c(C)ccc(CCC#N)c1NCC. The molecule has 198 valence electrons. The van der Waals surface area contributed by atoms with Crippen LogP contribution in [0.1, 0.15) is 71.6 Å². The molecule has 0 aromatic heterocycles. The predicted molar refractivity (Wildman–Crippen MR) is 160 cm³/mol. The Kier molecular flexibility index (Phi) is 10.2. The van der Waals surface area contributed by atoms with Crippen LogP contribution in [0.2, 0.25) is 0 Å². The van der Waals surface area contributed by atoms with Crippen molar-refractivity contribution in [3.05, 3.63) is 87.5 Å². The molecule has 0 heterocycles. The first-order valence-electron chi connectivity index (χ1n) is 13.6. The van der Waals surface area contributed by atoms with Crippen molar-refractivity contribution < 1.29 is 0 Å². The van der Waals surface area contributed by atoms with E-state index in [2.05, 4.69) is 118 Å². The Morgan fingerprint density at radius 1 is 0.711 bits per heavy atom. The van der Waals surface area contributed by atoms with Crippen molar-refractivity contribution in [3.8, 4) is 12.1 Å². The lowest BCUT2D eigenvalue weighted by molar-refractivity contribution is 0.915. The average molecular weight is 508 g/mol. The van der Waals surface area contributed by atoms with Gasteiger partial charge in [0.05, 0.1) is 12.1 Å². The molecule has 5 heteroatoms. The summed E-state index contributed by atoms with van der Waals surface area (Å²) in [6.45, 7) is 10.2. The van der Waals surface area contributed by atoms with Gasteiger partial charge in [-0.05, 0) is 91.6 Å². The highest BCUT2D eigenvalue weighted by atomic mass is 15.1. The van der Waals surface area contributed by atoms with Gasteiger partial charge in [-0.2, -0.15) is 10.5 Å². The van der Waals surface area contributed by atoms with Gasteiger partial charge in [-0.1, -0.05) is 36.4 Å². The van der Waals surface area contributed by atoms with E-state index in [1.165, 1.54) is 38.9 Å². The number of benzene rings is 3. The minimum atomic E-state index is -0.0293. The van der Waals surface area contributed by atoms with E-state index in [1.54, 1.807) is 0 Å².